The second kappa shape index (κ2) is 6.11. The van der Waals surface area contributed by atoms with Gasteiger partial charge in [-0.15, -0.1) is 0 Å². The maximum Gasteiger partial charge on any atom is 0.251 e. The zero-order chi connectivity index (χ0) is 17.2. The molecule has 124 valence electrons. The molecule has 9 heteroatoms. The molecule has 0 radical (unpaired) electrons. The van der Waals surface area contributed by atoms with Crippen LogP contribution in [0.1, 0.15) is 22.0 Å². The molecule has 0 spiro atoms. The van der Waals surface area contributed by atoms with E-state index in [1.807, 2.05) is 0 Å². The molecular weight excluding hydrogens is 324 g/mol. The summed E-state index contributed by atoms with van der Waals surface area (Å²) in [6.07, 6.45) is 3.18. The summed E-state index contributed by atoms with van der Waals surface area (Å²) in [5.41, 5.74) is 2.33. The molecule has 4 rings (SSSR count). The molecule has 3 heterocycles. The van der Waals surface area contributed by atoms with Gasteiger partial charge in [-0.05, 0) is 25.1 Å². The number of fused-ring (bicyclic) bond motifs is 1. The van der Waals surface area contributed by atoms with Crippen LogP contribution in [-0.2, 0) is 6.54 Å². The number of aryl methyl sites for hydroxylation is 1. The fourth-order valence-electron chi connectivity index (χ4n) is 2.26. The predicted molar refractivity (Wildman–Crippen MR) is 85.2 cm³/mol. The SMILES string of the molecule is Cc1cc(-c2noc(CNC(=O)c3ccc4nccnc4c3)n2)no1. The molecule has 0 aliphatic carbocycles. The van der Waals surface area contributed by atoms with Crippen LogP contribution < -0.4 is 5.32 Å². The van der Waals surface area contributed by atoms with Gasteiger partial charge in [-0.1, -0.05) is 10.3 Å². The van der Waals surface area contributed by atoms with E-state index >= 15 is 0 Å². The molecule has 0 fully saturated rings. The molecule has 0 aliphatic rings. The minimum Gasteiger partial charge on any atom is -0.361 e. The number of nitrogens with one attached hydrogen (secondary N) is 1. The van der Waals surface area contributed by atoms with Gasteiger partial charge >= 0.3 is 0 Å². The minimum absolute atomic E-state index is 0.0984. The van der Waals surface area contributed by atoms with Crippen LogP contribution >= 0.6 is 0 Å². The molecule has 3 aromatic heterocycles. The Bertz CT molecular complexity index is 1050. The number of benzene rings is 1. The molecule has 9 nitrogen and oxygen atoms in total. The van der Waals surface area contributed by atoms with Gasteiger partial charge in [0, 0.05) is 24.0 Å². The molecule has 1 aromatic carbocycles. The minimum atomic E-state index is -0.274. The smallest absolute Gasteiger partial charge is 0.251 e. The molecule has 4 aromatic rings. The summed E-state index contributed by atoms with van der Waals surface area (Å²) in [6.45, 7) is 1.87. The van der Waals surface area contributed by atoms with E-state index in [1.165, 1.54) is 0 Å². The van der Waals surface area contributed by atoms with Crippen LogP contribution in [0.5, 0.6) is 0 Å². The van der Waals surface area contributed by atoms with Crippen molar-refractivity contribution in [2.45, 2.75) is 13.5 Å². The van der Waals surface area contributed by atoms with Gasteiger partial charge in [-0.2, -0.15) is 4.98 Å². The highest BCUT2D eigenvalue weighted by Gasteiger charge is 2.14. The van der Waals surface area contributed by atoms with Crippen LogP contribution in [-0.4, -0.2) is 31.2 Å². The molecule has 25 heavy (non-hydrogen) atoms. The van der Waals surface area contributed by atoms with Crippen LogP contribution in [0.15, 0.2) is 45.7 Å². The van der Waals surface area contributed by atoms with Crippen LogP contribution in [0.4, 0.5) is 0 Å². The van der Waals surface area contributed by atoms with Gasteiger partial charge in [0.15, 0.2) is 5.69 Å². The van der Waals surface area contributed by atoms with Gasteiger partial charge in [0.25, 0.3) is 5.91 Å². The summed E-state index contributed by atoms with van der Waals surface area (Å²) in [6, 6.07) is 6.80. The summed E-state index contributed by atoms with van der Waals surface area (Å²) in [5.74, 6) is 0.949. The lowest BCUT2D eigenvalue weighted by atomic mass is 10.2. The largest absolute Gasteiger partial charge is 0.361 e. The van der Waals surface area contributed by atoms with Gasteiger partial charge in [0.2, 0.25) is 11.7 Å². The fraction of sp³-hybridized carbons (Fsp3) is 0.125. The van der Waals surface area contributed by atoms with Crippen molar-refractivity contribution in [2.24, 2.45) is 0 Å². The van der Waals surface area contributed by atoms with Crippen LogP contribution in [0, 0.1) is 6.92 Å². The monoisotopic (exact) mass is 336 g/mol. The Balaban J connectivity index is 1.45. The van der Waals surface area contributed by atoms with Crippen molar-refractivity contribution in [1.29, 1.82) is 0 Å². The van der Waals surface area contributed by atoms with Gasteiger partial charge in [0.1, 0.15) is 5.76 Å². The Kier molecular flexibility index (Phi) is 3.65. The lowest BCUT2D eigenvalue weighted by Crippen LogP contribution is -2.22. The second-order valence-electron chi connectivity index (χ2n) is 5.28. The van der Waals surface area contributed by atoms with Crippen LogP contribution in [0.2, 0.25) is 0 Å². The van der Waals surface area contributed by atoms with E-state index in [0.29, 0.717) is 28.4 Å². The van der Waals surface area contributed by atoms with Crippen molar-refractivity contribution in [3.63, 3.8) is 0 Å². The molecular formula is C16H12N6O3. The highest BCUT2D eigenvalue weighted by atomic mass is 16.5. The molecule has 0 aliphatic heterocycles. The number of carbonyl (C=O) groups excluding carboxylic acids is 1. The topological polar surface area (TPSA) is 120 Å². The van der Waals surface area contributed by atoms with Crippen molar-refractivity contribution in [2.75, 3.05) is 0 Å². The average molecular weight is 336 g/mol. The molecule has 1 amide bonds. The Hall–Kier alpha value is -3.62. The first-order valence-corrected chi connectivity index (χ1v) is 7.44. The predicted octanol–water partition coefficient (Wildman–Crippen LogP) is 1.91. The van der Waals surface area contributed by atoms with Gasteiger partial charge < -0.3 is 14.4 Å². The third kappa shape index (κ3) is 3.07. The highest BCUT2D eigenvalue weighted by Crippen LogP contribution is 2.15. The van der Waals surface area contributed by atoms with Crippen molar-refractivity contribution >= 4 is 16.9 Å². The number of rotatable bonds is 4. The van der Waals surface area contributed by atoms with E-state index < -0.39 is 0 Å². The standard InChI is InChI=1S/C16H12N6O3/c1-9-6-13(21-24-9)15-20-14(25-22-15)8-19-16(23)10-2-3-11-12(7-10)18-5-4-17-11/h2-7H,8H2,1H3,(H,19,23). The van der Waals surface area contributed by atoms with Crippen molar-refractivity contribution in [3.05, 3.63) is 53.9 Å². The third-order valence-corrected chi connectivity index (χ3v) is 3.46. The third-order valence-electron chi connectivity index (χ3n) is 3.46. The Labute approximate surface area is 141 Å². The van der Waals surface area contributed by atoms with E-state index in [-0.39, 0.29) is 18.3 Å². The van der Waals surface area contributed by atoms with Gasteiger partial charge in [-0.3, -0.25) is 14.8 Å². The van der Waals surface area contributed by atoms with E-state index in [4.69, 9.17) is 9.05 Å². The van der Waals surface area contributed by atoms with Crippen molar-refractivity contribution in [3.8, 4) is 11.5 Å². The van der Waals surface area contributed by atoms with Crippen LogP contribution in [0.3, 0.4) is 0 Å². The maximum atomic E-state index is 12.3. The quantitative estimate of drug-likeness (QED) is 0.600. The Morgan fingerprint density at radius 2 is 1.92 bits per heavy atom. The highest BCUT2D eigenvalue weighted by molar-refractivity contribution is 5.97. The molecule has 0 saturated carbocycles. The zero-order valence-electron chi connectivity index (χ0n) is 13.1. The second-order valence-corrected chi connectivity index (χ2v) is 5.28. The number of amides is 1. The zero-order valence-corrected chi connectivity index (χ0v) is 13.1. The molecule has 1 N–H and O–H groups in total. The van der Waals surface area contributed by atoms with E-state index in [9.17, 15) is 4.79 Å². The lowest BCUT2D eigenvalue weighted by Gasteiger charge is -2.03. The average Bonchev–Trinajstić information content (AvgIpc) is 3.28. The molecule has 0 atom stereocenters. The Morgan fingerprint density at radius 1 is 1.08 bits per heavy atom. The first-order valence-electron chi connectivity index (χ1n) is 7.44. The maximum absolute atomic E-state index is 12.3. The normalized spacial score (nSPS) is 10.9. The first kappa shape index (κ1) is 14.9. The van der Waals surface area contributed by atoms with Gasteiger partial charge in [0.05, 0.1) is 17.6 Å². The number of aromatic nitrogens is 5. The van der Waals surface area contributed by atoms with Crippen molar-refractivity contribution < 1.29 is 13.8 Å². The Morgan fingerprint density at radius 3 is 2.72 bits per heavy atom. The summed E-state index contributed by atoms with van der Waals surface area (Å²) in [5, 5.41) is 10.3. The van der Waals surface area contributed by atoms with E-state index in [2.05, 4.69) is 30.6 Å². The number of hydrogen-bond donors (Lipinski definition) is 1. The van der Waals surface area contributed by atoms with Crippen LogP contribution in [0.25, 0.3) is 22.6 Å². The number of nitrogens with zero attached hydrogens (tertiary/aromatic N) is 5. The summed E-state index contributed by atoms with van der Waals surface area (Å²) in [4.78, 5) is 24.8. The number of carbonyl (C=O) groups is 1. The van der Waals surface area contributed by atoms with Gasteiger partial charge in [-0.25, -0.2) is 0 Å². The van der Waals surface area contributed by atoms with E-state index in [1.54, 1.807) is 43.6 Å². The summed E-state index contributed by atoms with van der Waals surface area (Å²) >= 11 is 0. The lowest BCUT2D eigenvalue weighted by molar-refractivity contribution is 0.0946. The van der Waals surface area contributed by atoms with E-state index in [0.717, 1.165) is 5.52 Å². The molecule has 0 saturated heterocycles. The fourth-order valence-corrected chi connectivity index (χ4v) is 2.26. The summed E-state index contributed by atoms with van der Waals surface area (Å²) < 4.78 is 10.1. The molecule has 0 unspecified atom stereocenters. The van der Waals surface area contributed by atoms with Crippen molar-refractivity contribution in [1.82, 2.24) is 30.6 Å². The molecule has 0 bridgehead atoms. The first-order chi connectivity index (χ1) is 12.2. The number of hydrogen-bond acceptors (Lipinski definition) is 8. The summed E-state index contributed by atoms with van der Waals surface area (Å²) in [7, 11) is 0.